The van der Waals surface area contributed by atoms with Crippen LogP contribution in [0.15, 0.2) is 47.1 Å². The molecule has 0 N–H and O–H groups in total. The molecule has 5 heteroatoms. The van der Waals surface area contributed by atoms with E-state index in [1.807, 2.05) is 18.2 Å². The number of rotatable bonds is 3. The molecule has 4 nitrogen and oxygen atoms in total. The van der Waals surface area contributed by atoms with Crippen LogP contribution in [0.25, 0.3) is 22.6 Å². The number of pyridine rings is 1. The molecule has 1 fully saturated rings. The topological polar surface area (TPSA) is 51.8 Å². The number of halogens is 1. The van der Waals surface area contributed by atoms with Gasteiger partial charge in [0, 0.05) is 17.7 Å². The molecule has 23 heavy (non-hydrogen) atoms. The lowest BCUT2D eigenvalue weighted by Crippen LogP contribution is -1.92. The van der Waals surface area contributed by atoms with Gasteiger partial charge in [0.2, 0.25) is 11.7 Å². The third kappa shape index (κ3) is 2.86. The number of nitrogens with zero attached hydrogens (tertiary/aromatic N) is 3. The van der Waals surface area contributed by atoms with Gasteiger partial charge in [0.25, 0.3) is 0 Å². The summed E-state index contributed by atoms with van der Waals surface area (Å²) in [6.07, 6.45) is 6.39. The zero-order valence-corrected chi connectivity index (χ0v) is 12.6. The summed E-state index contributed by atoms with van der Waals surface area (Å²) in [5.41, 5.74) is 2.31. The van der Waals surface area contributed by atoms with Gasteiger partial charge >= 0.3 is 0 Å². The zero-order valence-electron chi connectivity index (χ0n) is 12.6. The van der Waals surface area contributed by atoms with Crippen LogP contribution < -0.4 is 0 Å². The third-order valence-corrected chi connectivity index (χ3v) is 4.30. The largest absolute Gasteiger partial charge is 0.339 e. The Hall–Kier alpha value is -2.56. The van der Waals surface area contributed by atoms with Crippen molar-refractivity contribution in [3.05, 3.63) is 54.3 Å². The molecule has 1 aliphatic carbocycles. The molecule has 0 saturated heterocycles. The molecule has 0 amide bonds. The van der Waals surface area contributed by atoms with Crippen molar-refractivity contribution >= 4 is 0 Å². The first kappa shape index (κ1) is 14.1. The van der Waals surface area contributed by atoms with Gasteiger partial charge in [-0.3, -0.25) is 4.98 Å². The Morgan fingerprint density at radius 1 is 1.04 bits per heavy atom. The molecule has 4 rings (SSSR count). The fourth-order valence-electron chi connectivity index (χ4n) is 3.04. The second-order valence-electron chi connectivity index (χ2n) is 5.88. The Balaban J connectivity index is 1.58. The maximum Gasteiger partial charge on any atom is 0.230 e. The number of benzene rings is 1. The molecule has 2 heterocycles. The van der Waals surface area contributed by atoms with Crippen molar-refractivity contribution in [1.82, 2.24) is 15.1 Å². The minimum Gasteiger partial charge on any atom is -0.339 e. The lowest BCUT2D eigenvalue weighted by atomic mass is 10.1. The minimum absolute atomic E-state index is 0.258. The Morgan fingerprint density at radius 2 is 1.91 bits per heavy atom. The second kappa shape index (κ2) is 5.91. The Kier molecular flexibility index (Phi) is 3.61. The van der Waals surface area contributed by atoms with E-state index in [1.165, 1.54) is 25.0 Å². The summed E-state index contributed by atoms with van der Waals surface area (Å²) in [4.78, 5) is 8.87. The zero-order chi connectivity index (χ0) is 15.6. The Morgan fingerprint density at radius 3 is 2.65 bits per heavy atom. The van der Waals surface area contributed by atoms with Crippen LogP contribution in [0.3, 0.4) is 0 Å². The molecule has 1 aromatic carbocycles. The highest BCUT2D eigenvalue weighted by atomic mass is 19.1. The highest BCUT2D eigenvalue weighted by Crippen LogP contribution is 2.33. The second-order valence-corrected chi connectivity index (χ2v) is 5.88. The highest BCUT2D eigenvalue weighted by Gasteiger charge is 2.23. The third-order valence-electron chi connectivity index (χ3n) is 4.30. The van der Waals surface area contributed by atoms with E-state index >= 15 is 0 Å². The lowest BCUT2D eigenvalue weighted by Gasteiger charge is -2.02. The van der Waals surface area contributed by atoms with Gasteiger partial charge in [-0.1, -0.05) is 36.2 Å². The molecule has 0 aliphatic heterocycles. The van der Waals surface area contributed by atoms with E-state index in [4.69, 9.17) is 4.52 Å². The first-order valence-corrected chi connectivity index (χ1v) is 7.85. The highest BCUT2D eigenvalue weighted by molar-refractivity contribution is 5.64. The van der Waals surface area contributed by atoms with E-state index in [9.17, 15) is 4.39 Å². The van der Waals surface area contributed by atoms with Crippen LogP contribution in [0.2, 0.25) is 0 Å². The van der Waals surface area contributed by atoms with Crippen molar-refractivity contribution in [2.24, 2.45) is 0 Å². The van der Waals surface area contributed by atoms with Crippen molar-refractivity contribution in [2.75, 3.05) is 0 Å². The molecule has 0 bridgehead atoms. The molecule has 1 aliphatic rings. The Labute approximate surface area is 133 Å². The molecular weight excluding hydrogens is 293 g/mol. The molecule has 116 valence electrons. The maximum absolute atomic E-state index is 13.3. The fourth-order valence-corrected chi connectivity index (χ4v) is 3.04. The van der Waals surface area contributed by atoms with E-state index < -0.39 is 0 Å². The summed E-state index contributed by atoms with van der Waals surface area (Å²) in [5, 5.41) is 4.04. The molecule has 0 atom stereocenters. The van der Waals surface area contributed by atoms with Gasteiger partial charge in [-0.2, -0.15) is 4.98 Å². The van der Waals surface area contributed by atoms with Crippen molar-refractivity contribution < 1.29 is 8.91 Å². The standard InChI is InChI=1S/C18H16FN3O/c19-15-7-3-6-13(10-15)14-8-9-16(20-11-14)17-21-18(23-22-17)12-4-1-2-5-12/h3,6-12H,1-2,4-5H2. The predicted molar refractivity (Wildman–Crippen MR) is 84.1 cm³/mol. The van der Waals surface area contributed by atoms with E-state index in [0.717, 1.165) is 24.0 Å². The normalized spacial score (nSPS) is 15.2. The van der Waals surface area contributed by atoms with Gasteiger partial charge in [0.15, 0.2) is 0 Å². The SMILES string of the molecule is Fc1cccc(-c2ccc(-c3noc(C4CCCC4)n3)nc2)c1. The monoisotopic (exact) mass is 309 g/mol. The van der Waals surface area contributed by atoms with Crippen LogP contribution in [0, 0.1) is 5.82 Å². The predicted octanol–water partition coefficient (Wildman–Crippen LogP) is 4.60. The average Bonchev–Trinajstić information content (AvgIpc) is 3.26. The first-order chi connectivity index (χ1) is 11.3. The van der Waals surface area contributed by atoms with Gasteiger partial charge in [-0.05, 0) is 36.6 Å². The van der Waals surface area contributed by atoms with Crippen LogP contribution >= 0.6 is 0 Å². The van der Waals surface area contributed by atoms with Crippen LogP contribution in [-0.2, 0) is 0 Å². The molecule has 2 aromatic heterocycles. The van der Waals surface area contributed by atoms with Gasteiger partial charge in [0.1, 0.15) is 11.5 Å². The first-order valence-electron chi connectivity index (χ1n) is 7.85. The lowest BCUT2D eigenvalue weighted by molar-refractivity contribution is 0.354. The smallest absolute Gasteiger partial charge is 0.230 e. The minimum atomic E-state index is -0.258. The van der Waals surface area contributed by atoms with Crippen molar-refractivity contribution in [2.45, 2.75) is 31.6 Å². The van der Waals surface area contributed by atoms with E-state index in [0.29, 0.717) is 23.3 Å². The quantitative estimate of drug-likeness (QED) is 0.709. The van der Waals surface area contributed by atoms with Crippen molar-refractivity contribution in [3.63, 3.8) is 0 Å². The molecule has 3 aromatic rings. The summed E-state index contributed by atoms with van der Waals surface area (Å²) in [6, 6.07) is 10.2. The molecular formula is C18H16FN3O. The van der Waals surface area contributed by atoms with E-state index in [-0.39, 0.29) is 5.82 Å². The van der Waals surface area contributed by atoms with Gasteiger partial charge < -0.3 is 4.52 Å². The molecule has 0 radical (unpaired) electrons. The van der Waals surface area contributed by atoms with Gasteiger partial charge in [-0.15, -0.1) is 0 Å². The van der Waals surface area contributed by atoms with E-state index in [2.05, 4.69) is 15.1 Å². The van der Waals surface area contributed by atoms with Crippen molar-refractivity contribution in [3.8, 4) is 22.6 Å². The van der Waals surface area contributed by atoms with Crippen LogP contribution in [0.4, 0.5) is 4.39 Å². The van der Waals surface area contributed by atoms with Crippen LogP contribution in [0.1, 0.15) is 37.5 Å². The summed E-state index contributed by atoms with van der Waals surface area (Å²) >= 11 is 0. The number of hydrogen-bond acceptors (Lipinski definition) is 4. The summed E-state index contributed by atoms with van der Waals surface area (Å²) in [7, 11) is 0. The maximum atomic E-state index is 13.3. The van der Waals surface area contributed by atoms with Crippen molar-refractivity contribution in [1.29, 1.82) is 0 Å². The molecule has 0 spiro atoms. The fraction of sp³-hybridized carbons (Fsp3) is 0.278. The molecule has 1 saturated carbocycles. The van der Waals surface area contributed by atoms with Crippen LogP contribution in [-0.4, -0.2) is 15.1 Å². The van der Waals surface area contributed by atoms with Gasteiger partial charge in [-0.25, -0.2) is 4.39 Å². The summed E-state index contributed by atoms with van der Waals surface area (Å²) in [5.74, 6) is 1.36. The number of hydrogen-bond donors (Lipinski definition) is 0. The number of aromatic nitrogens is 3. The Bertz CT molecular complexity index is 807. The van der Waals surface area contributed by atoms with Crippen LogP contribution in [0.5, 0.6) is 0 Å². The van der Waals surface area contributed by atoms with Gasteiger partial charge in [0.05, 0.1) is 0 Å². The average molecular weight is 309 g/mol. The summed E-state index contributed by atoms with van der Waals surface area (Å²) < 4.78 is 18.7. The summed E-state index contributed by atoms with van der Waals surface area (Å²) in [6.45, 7) is 0. The van der Waals surface area contributed by atoms with E-state index in [1.54, 1.807) is 12.3 Å². The molecule has 0 unspecified atom stereocenters.